The quantitative estimate of drug-likeness (QED) is 0.758. The molecule has 1 fully saturated rings. The Hall–Kier alpha value is -2.06. The Morgan fingerprint density at radius 3 is 2.70 bits per heavy atom. The minimum Gasteiger partial charge on any atom is -0.363 e. The summed E-state index contributed by atoms with van der Waals surface area (Å²) >= 11 is 1.72. The predicted molar refractivity (Wildman–Crippen MR) is 108 cm³/mol. The lowest BCUT2D eigenvalue weighted by molar-refractivity contribution is -0.129. The van der Waals surface area contributed by atoms with Crippen LogP contribution in [0, 0.1) is 6.92 Å². The number of anilines is 1. The summed E-state index contributed by atoms with van der Waals surface area (Å²) in [6, 6.07) is 2.01. The van der Waals surface area contributed by atoms with Gasteiger partial charge in [0.25, 0.3) is 0 Å². The molecule has 1 saturated heterocycles. The molecule has 0 saturated carbocycles. The smallest absolute Gasteiger partial charge is 0.220 e. The van der Waals surface area contributed by atoms with Gasteiger partial charge in [-0.15, -0.1) is 11.3 Å². The molecule has 1 amide bonds. The Balaban J connectivity index is 1.82. The van der Waals surface area contributed by atoms with Crippen molar-refractivity contribution in [2.45, 2.75) is 45.8 Å². The molecule has 27 heavy (non-hydrogen) atoms. The molecule has 0 aliphatic carbocycles. The van der Waals surface area contributed by atoms with Crippen LogP contribution < -0.4 is 4.90 Å². The number of aromatic nitrogens is 3. The van der Waals surface area contributed by atoms with Crippen molar-refractivity contribution in [1.82, 2.24) is 24.8 Å². The van der Waals surface area contributed by atoms with E-state index in [1.807, 2.05) is 43.1 Å². The van der Waals surface area contributed by atoms with Crippen LogP contribution in [0.15, 0.2) is 12.3 Å². The predicted octanol–water partition coefficient (Wildman–Crippen LogP) is 2.62. The maximum Gasteiger partial charge on any atom is 0.220 e. The zero-order valence-corrected chi connectivity index (χ0v) is 17.6. The van der Waals surface area contributed by atoms with Crippen LogP contribution in [0.5, 0.6) is 0 Å². The highest BCUT2D eigenvalue weighted by Gasteiger charge is 2.30. The molecule has 0 N–H and O–H groups in total. The molecular formula is C19H28N6OS. The summed E-state index contributed by atoms with van der Waals surface area (Å²) in [6.45, 7) is 6.00. The highest BCUT2D eigenvalue weighted by molar-refractivity contribution is 7.11. The molecule has 3 heterocycles. The van der Waals surface area contributed by atoms with E-state index < -0.39 is 0 Å². The summed E-state index contributed by atoms with van der Waals surface area (Å²) in [5, 5.41) is 1.09. The van der Waals surface area contributed by atoms with Gasteiger partial charge in [0.1, 0.15) is 5.82 Å². The lowest BCUT2D eigenvalue weighted by Crippen LogP contribution is -2.30. The molecule has 8 heteroatoms. The number of carbonyl (C=O) groups is 1. The van der Waals surface area contributed by atoms with Crippen molar-refractivity contribution in [2.75, 3.05) is 32.6 Å². The first-order valence-corrected chi connectivity index (χ1v) is 10.1. The average Bonchev–Trinajstić information content (AvgIpc) is 3.23. The number of likely N-dealkylation sites (tertiary alicyclic amines) is 1. The fourth-order valence-electron chi connectivity index (χ4n) is 3.45. The lowest BCUT2D eigenvalue weighted by Gasteiger charge is -2.24. The van der Waals surface area contributed by atoms with Crippen molar-refractivity contribution < 1.29 is 4.79 Å². The van der Waals surface area contributed by atoms with Gasteiger partial charge in [-0.3, -0.25) is 9.69 Å². The van der Waals surface area contributed by atoms with Crippen molar-refractivity contribution in [3.8, 4) is 0 Å². The van der Waals surface area contributed by atoms with E-state index in [2.05, 4.69) is 16.9 Å². The Labute approximate surface area is 165 Å². The number of aryl methyl sites for hydroxylation is 1. The van der Waals surface area contributed by atoms with Crippen LogP contribution in [-0.2, 0) is 17.9 Å². The van der Waals surface area contributed by atoms with Crippen molar-refractivity contribution in [3.63, 3.8) is 0 Å². The maximum atomic E-state index is 12.0. The summed E-state index contributed by atoms with van der Waals surface area (Å²) < 4.78 is 0. The molecule has 2 aromatic rings. The van der Waals surface area contributed by atoms with E-state index in [4.69, 9.17) is 9.97 Å². The number of carbonyl (C=O) groups excluding carboxylic acids is 1. The number of thiazole rings is 1. The first-order chi connectivity index (χ1) is 12.8. The number of nitrogens with zero attached hydrogens (tertiary/aromatic N) is 6. The molecule has 146 valence electrons. The SMILES string of the molecule is CC(=O)N1CCCC1c1nc(CN(C)Cc2cnc(C)s2)cc(N(C)C)n1. The number of rotatable bonds is 6. The van der Waals surface area contributed by atoms with Gasteiger partial charge in [0.05, 0.1) is 16.7 Å². The van der Waals surface area contributed by atoms with Gasteiger partial charge < -0.3 is 9.80 Å². The van der Waals surface area contributed by atoms with Crippen molar-refractivity contribution in [2.24, 2.45) is 0 Å². The van der Waals surface area contributed by atoms with E-state index in [9.17, 15) is 4.79 Å². The zero-order chi connectivity index (χ0) is 19.6. The van der Waals surface area contributed by atoms with Crippen molar-refractivity contribution in [3.05, 3.63) is 33.7 Å². The molecule has 0 aromatic carbocycles. The summed E-state index contributed by atoms with van der Waals surface area (Å²) in [4.78, 5) is 33.2. The lowest BCUT2D eigenvalue weighted by atomic mass is 10.2. The Kier molecular flexibility index (Phi) is 6.06. The largest absolute Gasteiger partial charge is 0.363 e. The molecule has 0 spiro atoms. The third-order valence-corrected chi connectivity index (χ3v) is 5.62. The Morgan fingerprint density at radius 1 is 1.30 bits per heavy atom. The Bertz CT molecular complexity index is 805. The molecule has 3 rings (SSSR count). The van der Waals surface area contributed by atoms with Crippen molar-refractivity contribution >= 4 is 23.1 Å². The second kappa shape index (κ2) is 8.31. The third kappa shape index (κ3) is 4.81. The van der Waals surface area contributed by atoms with Crippen LogP contribution in [0.4, 0.5) is 5.82 Å². The number of amides is 1. The van der Waals surface area contributed by atoms with E-state index in [0.717, 1.165) is 54.8 Å². The van der Waals surface area contributed by atoms with E-state index in [0.29, 0.717) is 0 Å². The normalized spacial score (nSPS) is 17.0. The highest BCUT2D eigenvalue weighted by Crippen LogP contribution is 2.31. The Morgan fingerprint density at radius 2 is 2.07 bits per heavy atom. The molecule has 2 aromatic heterocycles. The van der Waals surface area contributed by atoms with E-state index in [-0.39, 0.29) is 11.9 Å². The monoisotopic (exact) mass is 388 g/mol. The van der Waals surface area contributed by atoms with Gasteiger partial charge in [0.2, 0.25) is 5.91 Å². The number of hydrogen-bond donors (Lipinski definition) is 0. The second-order valence-corrected chi connectivity index (χ2v) is 8.68. The molecule has 1 atom stereocenters. The molecule has 7 nitrogen and oxygen atoms in total. The number of hydrogen-bond acceptors (Lipinski definition) is 7. The van der Waals surface area contributed by atoms with Crippen LogP contribution in [0.2, 0.25) is 0 Å². The highest BCUT2D eigenvalue weighted by atomic mass is 32.1. The van der Waals surface area contributed by atoms with Gasteiger partial charge in [-0.05, 0) is 26.8 Å². The van der Waals surface area contributed by atoms with Gasteiger partial charge in [0.15, 0.2) is 5.82 Å². The van der Waals surface area contributed by atoms with Gasteiger partial charge in [-0.25, -0.2) is 15.0 Å². The maximum absolute atomic E-state index is 12.0. The van der Waals surface area contributed by atoms with E-state index >= 15 is 0 Å². The summed E-state index contributed by atoms with van der Waals surface area (Å²) in [7, 11) is 6.05. The van der Waals surface area contributed by atoms with E-state index in [1.54, 1.807) is 18.3 Å². The summed E-state index contributed by atoms with van der Waals surface area (Å²) in [5.41, 5.74) is 0.975. The van der Waals surface area contributed by atoms with Gasteiger partial charge in [0, 0.05) is 57.8 Å². The molecule has 0 radical (unpaired) electrons. The van der Waals surface area contributed by atoms with E-state index in [1.165, 1.54) is 4.88 Å². The summed E-state index contributed by atoms with van der Waals surface area (Å²) in [5.74, 6) is 1.73. The van der Waals surface area contributed by atoms with Gasteiger partial charge in [-0.2, -0.15) is 0 Å². The van der Waals surface area contributed by atoms with Crippen LogP contribution in [0.3, 0.4) is 0 Å². The molecule has 1 unspecified atom stereocenters. The summed E-state index contributed by atoms with van der Waals surface area (Å²) in [6.07, 6.45) is 3.86. The van der Waals surface area contributed by atoms with Gasteiger partial charge in [-0.1, -0.05) is 0 Å². The first-order valence-electron chi connectivity index (χ1n) is 9.25. The molecule has 1 aliphatic rings. The first kappa shape index (κ1) is 19.7. The second-order valence-electron chi connectivity index (χ2n) is 7.36. The van der Waals surface area contributed by atoms with Crippen LogP contribution in [0.25, 0.3) is 0 Å². The minimum absolute atomic E-state index is 0.0180. The average molecular weight is 389 g/mol. The fourth-order valence-corrected chi connectivity index (χ4v) is 4.33. The van der Waals surface area contributed by atoms with Gasteiger partial charge >= 0.3 is 0 Å². The standard InChI is InChI=1S/C19H28N6OS/c1-13-20-10-16(27-13)12-24(5)11-15-9-18(23(3)4)22-19(21-15)17-7-6-8-25(17)14(2)26/h9-10,17H,6-8,11-12H2,1-5H3. The van der Waals surface area contributed by atoms with Crippen molar-refractivity contribution in [1.29, 1.82) is 0 Å². The zero-order valence-electron chi connectivity index (χ0n) is 16.8. The van der Waals surface area contributed by atoms with Crippen LogP contribution in [0.1, 0.15) is 47.2 Å². The topological polar surface area (TPSA) is 65.5 Å². The van der Waals surface area contributed by atoms with Crippen LogP contribution >= 0.6 is 11.3 Å². The minimum atomic E-state index is -0.0180. The third-order valence-electron chi connectivity index (χ3n) is 4.72. The van der Waals surface area contributed by atoms with Crippen LogP contribution in [-0.4, -0.2) is 58.3 Å². The molecule has 1 aliphatic heterocycles. The fraction of sp³-hybridized carbons (Fsp3) is 0.579. The molecule has 0 bridgehead atoms. The molecular weight excluding hydrogens is 360 g/mol.